The van der Waals surface area contributed by atoms with E-state index in [-0.39, 0.29) is 17.5 Å². The van der Waals surface area contributed by atoms with E-state index in [0.717, 1.165) is 44.2 Å². The molecule has 0 fully saturated rings. The number of para-hydroxylation sites is 3. The number of aryl methyl sites for hydroxylation is 2. The summed E-state index contributed by atoms with van der Waals surface area (Å²) < 4.78 is 2.50. The highest BCUT2D eigenvalue weighted by Crippen LogP contribution is 2.53. The molecule has 4 heteroatoms. The van der Waals surface area contributed by atoms with E-state index in [2.05, 4.69) is 288 Å². The van der Waals surface area contributed by atoms with Crippen LogP contribution in [-0.4, -0.2) is 11.3 Å². The number of unbranched alkanes of at least 4 members (excludes halogenated alkanes) is 2. The molecular formula is C76H72BN3. The van der Waals surface area contributed by atoms with Crippen molar-refractivity contribution in [3.05, 3.63) is 241 Å². The molecule has 13 rings (SSSR count). The highest BCUT2D eigenvalue weighted by Gasteiger charge is 2.46. The quantitative estimate of drug-likeness (QED) is 0.113. The third-order valence-electron chi connectivity index (χ3n) is 17.2. The first kappa shape index (κ1) is 51.1. The molecule has 2 aliphatic heterocycles. The summed E-state index contributed by atoms with van der Waals surface area (Å²) in [4.78, 5) is 5.48. The first-order valence-corrected chi connectivity index (χ1v) is 29.4. The molecule has 0 bridgehead atoms. The molecule has 0 unspecified atom stereocenters. The molecule has 0 amide bonds. The van der Waals surface area contributed by atoms with Gasteiger partial charge in [-0.3, -0.25) is 0 Å². The van der Waals surface area contributed by atoms with Crippen LogP contribution in [0.4, 0.5) is 34.1 Å². The van der Waals surface area contributed by atoms with Gasteiger partial charge in [-0.25, -0.2) is 0 Å². The number of nitrogens with zero attached hydrogens (tertiary/aromatic N) is 3. The number of hydrogen-bond donors (Lipinski definition) is 0. The van der Waals surface area contributed by atoms with Crippen LogP contribution in [0.15, 0.2) is 218 Å². The molecule has 1 aromatic heterocycles. The van der Waals surface area contributed by atoms with Gasteiger partial charge in [0, 0.05) is 50.3 Å². The predicted octanol–water partition coefficient (Wildman–Crippen LogP) is 19.1. The fraction of sp³-hybridized carbons (Fsp3) is 0.211. The highest BCUT2D eigenvalue weighted by atomic mass is 15.2. The van der Waals surface area contributed by atoms with Crippen LogP contribution >= 0.6 is 0 Å². The summed E-state index contributed by atoms with van der Waals surface area (Å²) in [6, 6.07) is 83.3. The molecule has 10 aromatic carbocycles. The molecule has 0 saturated heterocycles. The summed E-state index contributed by atoms with van der Waals surface area (Å²) in [5.41, 5.74) is 27.6. The van der Waals surface area contributed by atoms with Gasteiger partial charge in [-0.05, 0) is 140 Å². The van der Waals surface area contributed by atoms with Crippen LogP contribution in [0, 0.1) is 0 Å². The molecule has 0 spiro atoms. The molecule has 394 valence electrons. The van der Waals surface area contributed by atoms with E-state index in [0.29, 0.717) is 0 Å². The molecule has 0 atom stereocenters. The van der Waals surface area contributed by atoms with E-state index >= 15 is 0 Å². The van der Waals surface area contributed by atoms with Crippen LogP contribution in [0.2, 0.25) is 0 Å². The Kier molecular flexibility index (Phi) is 13.0. The number of fused-ring (bicyclic) bond motifs is 7. The summed E-state index contributed by atoms with van der Waals surface area (Å²) in [6.45, 7) is 19.0. The summed E-state index contributed by atoms with van der Waals surface area (Å²) in [5.74, 6) is 0. The summed E-state index contributed by atoms with van der Waals surface area (Å²) in [7, 11) is 0. The molecule has 3 nitrogen and oxygen atoms in total. The maximum Gasteiger partial charge on any atom is 0.252 e. The topological polar surface area (TPSA) is 11.4 Å². The SMILES string of the molecule is CCCCc1cc(C(C)(C)C)cc(CCCC)c1N1c2ccc(-c3ccccc3)cc2B2c3ccc(-n4c5ccccc5c5ccccc54)cc3N(c3c(-c4ccccc4)cccc3-c3ccccc3)c3cc(C(C)(C)C)cc1c32. The van der Waals surface area contributed by atoms with Crippen molar-refractivity contribution in [3.63, 3.8) is 0 Å². The standard InChI is InChI=1S/C76H72BN3/c1-9-11-27-55-45-57(75(3,4)5)46-56(28-12-10-2)73(55)79-68-44-41-54(51-29-16-13-17-30-51)47-65(68)77-64-43-42-59(78-66-39-24-22-35-62(66)63-36-23-25-40-67(63)78)50-69(64)80(71-49-58(76(6,7)8)48-70(79)72(71)77)74-60(52-31-18-14-19-32-52)37-26-38-61(74)53-33-20-15-21-34-53/h13-26,29-50H,9-12,27-28H2,1-8H3. The predicted molar refractivity (Wildman–Crippen MR) is 346 cm³/mol. The van der Waals surface area contributed by atoms with Gasteiger partial charge in [0.2, 0.25) is 0 Å². The molecule has 2 aliphatic rings. The Labute approximate surface area is 475 Å². The van der Waals surface area contributed by atoms with Gasteiger partial charge in [0.05, 0.1) is 22.4 Å². The van der Waals surface area contributed by atoms with Gasteiger partial charge >= 0.3 is 0 Å². The minimum Gasteiger partial charge on any atom is -0.311 e. The summed E-state index contributed by atoms with van der Waals surface area (Å²) in [5, 5.41) is 2.51. The zero-order valence-corrected chi connectivity index (χ0v) is 47.9. The highest BCUT2D eigenvalue weighted by molar-refractivity contribution is 7.00. The second-order valence-corrected chi connectivity index (χ2v) is 24.6. The van der Waals surface area contributed by atoms with Crippen molar-refractivity contribution in [2.75, 3.05) is 9.80 Å². The second kappa shape index (κ2) is 20.4. The largest absolute Gasteiger partial charge is 0.311 e. The maximum atomic E-state index is 2.77. The molecule has 11 aromatic rings. The normalized spacial score (nSPS) is 13.0. The van der Waals surface area contributed by atoms with Crippen molar-refractivity contribution in [2.45, 2.75) is 105 Å². The molecule has 80 heavy (non-hydrogen) atoms. The lowest BCUT2D eigenvalue weighted by Crippen LogP contribution is -2.61. The number of hydrogen-bond acceptors (Lipinski definition) is 2. The Morgan fingerprint density at radius 1 is 0.375 bits per heavy atom. The average molecular weight is 1040 g/mol. The molecule has 0 saturated carbocycles. The van der Waals surface area contributed by atoms with Crippen LogP contribution in [0.5, 0.6) is 0 Å². The monoisotopic (exact) mass is 1040 g/mol. The van der Waals surface area contributed by atoms with Gasteiger partial charge in [0.25, 0.3) is 6.71 Å². The van der Waals surface area contributed by atoms with E-state index in [1.807, 2.05) is 0 Å². The molecule has 3 heterocycles. The molecule has 0 radical (unpaired) electrons. The van der Waals surface area contributed by atoms with E-state index in [4.69, 9.17) is 0 Å². The third kappa shape index (κ3) is 8.76. The Balaban J connectivity index is 1.21. The minimum atomic E-state index is -0.200. The van der Waals surface area contributed by atoms with Crippen molar-refractivity contribution in [2.24, 2.45) is 0 Å². The Hall–Kier alpha value is -8.34. The number of aromatic nitrogens is 1. The Morgan fingerprint density at radius 2 is 0.863 bits per heavy atom. The molecule has 0 N–H and O–H groups in total. The molecular weight excluding hydrogens is 966 g/mol. The fourth-order valence-corrected chi connectivity index (χ4v) is 13.1. The van der Waals surface area contributed by atoms with Crippen molar-refractivity contribution in [1.82, 2.24) is 4.57 Å². The first-order valence-electron chi connectivity index (χ1n) is 29.4. The smallest absolute Gasteiger partial charge is 0.252 e. The van der Waals surface area contributed by atoms with Gasteiger partial charge in [0.15, 0.2) is 0 Å². The zero-order chi connectivity index (χ0) is 54.9. The average Bonchev–Trinajstić information content (AvgIpc) is 3.63. The van der Waals surface area contributed by atoms with Gasteiger partial charge in [-0.15, -0.1) is 0 Å². The van der Waals surface area contributed by atoms with Crippen LogP contribution in [0.1, 0.15) is 103 Å². The van der Waals surface area contributed by atoms with Gasteiger partial charge in [0.1, 0.15) is 0 Å². The van der Waals surface area contributed by atoms with Crippen molar-refractivity contribution in [1.29, 1.82) is 0 Å². The fourth-order valence-electron chi connectivity index (χ4n) is 13.1. The van der Waals surface area contributed by atoms with Crippen molar-refractivity contribution >= 4 is 79.0 Å². The maximum absolute atomic E-state index is 2.77. The molecule has 0 aliphatic carbocycles. The lowest BCUT2D eigenvalue weighted by Gasteiger charge is -2.46. The van der Waals surface area contributed by atoms with Crippen molar-refractivity contribution < 1.29 is 0 Å². The van der Waals surface area contributed by atoms with E-state index < -0.39 is 0 Å². The Bertz CT molecular complexity index is 3980. The van der Waals surface area contributed by atoms with Crippen LogP contribution in [0.25, 0.3) is 60.9 Å². The van der Waals surface area contributed by atoms with Crippen LogP contribution in [-0.2, 0) is 23.7 Å². The number of rotatable bonds is 12. The van der Waals surface area contributed by atoms with Gasteiger partial charge in [-0.1, -0.05) is 244 Å². The van der Waals surface area contributed by atoms with E-state index in [9.17, 15) is 0 Å². The van der Waals surface area contributed by atoms with Crippen molar-refractivity contribution in [3.8, 4) is 39.1 Å². The van der Waals surface area contributed by atoms with E-state index in [1.165, 1.54) is 128 Å². The number of benzene rings is 10. The minimum absolute atomic E-state index is 0.00778. The van der Waals surface area contributed by atoms with Gasteiger partial charge in [-0.2, -0.15) is 0 Å². The lowest BCUT2D eigenvalue weighted by molar-refractivity contribution is 0.587. The summed E-state index contributed by atoms with van der Waals surface area (Å²) in [6.07, 6.45) is 6.53. The first-order chi connectivity index (χ1) is 38.9. The van der Waals surface area contributed by atoms with Gasteiger partial charge < -0.3 is 14.4 Å². The van der Waals surface area contributed by atoms with E-state index in [1.54, 1.807) is 0 Å². The summed E-state index contributed by atoms with van der Waals surface area (Å²) >= 11 is 0. The second-order valence-electron chi connectivity index (χ2n) is 24.6. The van der Waals surface area contributed by atoms with Crippen LogP contribution in [0.3, 0.4) is 0 Å². The third-order valence-corrected chi connectivity index (χ3v) is 17.2. The zero-order valence-electron chi connectivity index (χ0n) is 47.9. The Morgan fingerprint density at radius 3 is 1.39 bits per heavy atom. The lowest BCUT2D eigenvalue weighted by atomic mass is 9.33. The number of anilines is 6. The van der Waals surface area contributed by atoms with Crippen LogP contribution < -0.4 is 26.2 Å².